The van der Waals surface area contributed by atoms with Gasteiger partial charge in [0.15, 0.2) is 0 Å². The van der Waals surface area contributed by atoms with Gasteiger partial charge in [-0.25, -0.2) is 0 Å². The van der Waals surface area contributed by atoms with Gasteiger partial charge in [-0.15, -0.1) is 0 Å². The molecule has 4 rings (SSSR count). The molecule has 0 aliphatic carbocycles. The Morgan fingerprint density at radius 2 is 2.19 bits per heavy atom. The number of carbonyl (C=O) groups is 1. The number of piperidine rings is 1. The van der Waals surface area contributed by atoms with Crippen LogP contribution in [0.5, 0.6) is 11.8 Å². The molecule has 31 heavy (non-hydrogen) atoms. The van der Waals surface area contributed by atoms with Gasteiger partial charge >= 0.3 is 0 Å². The van der Waals surface area contributed by atoms with E-state index in [0.717, 1.165) is 57.7 Å². The van der Waals surface area contributed by atoms with E-state index in [1.54, 1.807) is 12.1 Å². The van der Waals surface area contributed by atoms with Gasteiger partial charge in [-0.3, -0.25) is 14.4 Å². The van der Waals surface area contributed by atoms with E-state index in [-0.39, 0.29) is 17.8 Å². The summed E-state index contributed by atoms with van der Waals surface area (Å²) in [7, 11) is 3.03. The molecule has 1 atom stereocenters. The molecule has 4 heterocycles. The number of rotatable bonds is 7. The van der Waals surface area contributed by atoms with Crippen LogP contribution in [-0.4, -0.2) is 65.5 Å². The largest absolute Gasteiger partial charge is 0.481 e. The summed E-state index contributed by atoms with van der Waals surface area (Å²) in [6.45, 7) is 6.96. The van der Waals surface area contributed by atoms with Crippen molar-refractivity contribution in [1.82, 2.24) is 25.0 Å². The minimum Gasteiger partial charge on any atom is -0.481 e. The normalized spacial score (nSPS) is 19.0. The highest BCUT2D eigenvalue weighted by molar-refractivity contribution is 5.96. The van der Waals surface area contributed by atoms with Gasteiger partial charge in [-0.05, 0) is 32.4 Å². The van der Waals surface area contributed by atoms with Gasteiger partial charge in [0.1, 0.15) is 5.56 Å². The van der Waals surface area contributed by atoms with Gasteiger partial charge in [0, 0.05) is 49.4 Å². The van der Waals surface area contributed by atoms with Crippen molar-refractivity contribution in [2.45, 2.75) is 51.9 Å². The van der Waals surface area contributed by atoms with E-state index in [0.29, 0.717) is 18.1 Å². The molecular formula is C22H31N5O4. The first-order valence-electron chi connectivity index (χ1n) is 10.9. The van der Waals surface area contributed by atoms with E-state index in [4.69, 9.17) is 19.3 Å². The Balaban J connectivity index is 1.42. The van der Waals surface area contributed by atoms with Gasteiger partial charge in [0.25, 0.3) is 5.91 Å². The third kappa shape index (κ3) is 4.67. The van der Waals surface area contributed by atoms with Crippen LogP contribution in [0.2, 0.25) is 0 Å². The SMILES string of the molecule is CCn1nc(CN2CCCC(NC(=O)c3ccc(OC)nc3OC)C2)c2c1CCOC2. The van der Waals surface area contributed by atoms with Gasteiger partial charge < -0.3 is 19.5 Å². The number of aryl methyl sites for hydroxylation is 1. The van der Waals surface area contributed by atoms with Crippen LogP contribution in [-0.2, 0) is 30.9 Å². The van der Waals surface area contributed by atoms with Crippen LogP contribution in [0.1, 0.15) is 47.1 Å². The van der Waals surface area contributed by atoms with Crippen LogP contribution in [0.25, 0.3) is 0 Å². The number of hydrogen-bond acceptors (Lipinski definition) is 7. The van der Waals surface area contributed by atoms with Crippen molar-refractivity contribution in [2.75, 3.05) is 33.9 Å². The lowest BCUT2D eigenvalue weighted by Gasteiger charge is -2.33. The quantitative estimate of drug-likeness (QED) is 0.717. The minimum atomic E-state index is -0.181. The highest BCUT2D eigenvalue weighted by atomic mass is 16.5. The Morgan fingerprint density at radius 3 is 2.97 bits per heavy atom. The number of amides is 1. The number of carbonyl (C=O) groups excluding carboxylic acids is 1. The fraction of sp³-hybridized carbons (Fsp3) is 0.591. The standard InChI is InChI=1S/C22H31N5O4/c1-4-27-19-9-11-31-14-17(19)18(25-27)13-26-10-5-6-15(12-26)23-21(28)16-7-8-20(29-2)24-22(16)30-3/h7-8,15H,4-6,9-14H2,1-3H3,(H,23,28). The Bertz CT molecular complexity index is 929. The molecule has 2 aromatic rings. The molecule has 2 aliphatic rings. The number of fused-ring (bicyclic) bond motifs is 1. The predicted molar refractivity (Wildman–Crippen MR) is 114 cm³/mol. The number of pyridine rings is 1. The summed E-state index contributed by atoms with van der Waals surface area (Å²) in [4.78, 5) is 19.4. The van der Waals surface area contributed by atoms with Crippen molar-refractivity contribution in [1.29, 1.82) is 0 Å². The predicted octanol–water partition coefficient (Wildman–Crippen LogP) is 1.78. The summed E-state index contributed by atoms with van der Waals surface area (Å²) in [5, 5.41) is 8.00. The van der Waals surface area contributed by atoms with Crippen LogP contribution in [0.15, 0.2) is 12.1 Å². The maximum absolute atomic E-state index is 12.9. The number of aromatic nitrogens is 3. The van der Waals surface area contributed by atoms with Crippen LogP contribution < -0.4 is 14.8 Å². The van der Waals surface area contributed by atoms with E-state index in [9.17, 15) is 4.79 Å². The zero-order valence-corrected chi connectivity index (χ0v) is 18.5. The average molecular weight is 430 g/mol. The van der Waals surface area contributed by atoms with Gasteiger partial charge in [0.05, 0.1) is 33.1 Å². The maximum atomic E-state index is 12.9. The van der Waals surface area contributed by atoms with E-state index >= 15 is 0 Å². The molecule has 0 aromatic carbocycles. The van der Waals surface area contributed by atoms with Crippen molar-refractivity contribution in [3.63, 3.8) is 0 Å². The fourth-order valence-corrected chi connectivity index (χ4v) is 4.42. The van der Waals surface area contributed by atoms with Gasteiger partial charge in [-0.1, -0.05) is 0 Å². The summed E-state index contributed by atoms with van der Waals surface area (Å²) < 4.78 is 18.2. The third-order valence-corrected chi connectivity index (χ3v) is 5.97. The minimum absolute atomic E-state index is 0.0633. The summed E-state index contributed by atoms with van der Waals surface area (Å²) in [5.41, 5.74) is 4.07. The lowest BCUT2D eigenvalue weighted by atomic mass is 10.0. The topological polar surface area (TPSA) is 90.7 Å². The Hall–Kier alpha value is -2.65. The molecular weight excluding hydrogens is 398 g/mol. The molecule has 2 aliphatic heterocycles. The van der Waals surface area contributed by atoms with E-state index in [1.807, 2.05) is 0 Å². The molecule has 1 saturated heterocycles. The van der Waals surface area contributed by atoms with Crippen molar-refractivity contribution in [3.8, 4) is 11.8 Å². The monoisotopic (exact) mass is 429 g/mol. The number of likely N-dealkylation sites (tertiary alicyclic amines) is 1. The molecule has 1 N–H and O–H groups in total. The molecule has 9 heteroatoms. The molecule has 168 valence electrons. The molecule has 1 amide bonds. The summed E-state index contributed by atoms with van der Waals surface area (Å²) >= 11 is 0. The smallest absolute Gasteiger partial charge is 0.257 e. The number of nitrogens with one attached hydrogen (secondary N) is 1. The number of hydrogen-bond donors (Lipinski definition) is 1. The van der Waals surface area contributed by atoms with E-state index < -0.39 is 0 Å². The fourth-order valence-electron chi connectivity index (χ4n) is 4.42. The molecule has 0 saturated carbocycles. The number of nitrogens with zero attached hydrogens (tertiary/aromatic N) is 4. The highest BCUT2D eigenvalue weighted by Gasteiger charge is 2.27. The second-order valence-electron chi connectivity index (χ2n) is 7.95. The van der Waals surface area contributed by atoms with Crippen LogP contribution in [0, 0.1) is 0 Å². The molecule has 1 fully saturated rings. The highest BCUT2D eigenvalue weighted by Crippen LogP contribution is 2.24. The lowest BCUT2D eigenvalue weighted by Crippen LogP contribution is -2.47. The van der Waals surface area contributed by atoms with Gasteiger partial charge in [-0.2, -0.15) is 10.1 Å². The maximum Gasteiger partial charge on any atom is 0.257 e. The Kier molecular flexibility index (Phi) is 6.72. The molecule has 0 radical (unpaired) electrons. The summed E-state index contributed by atoms with van der Waals surface area (Å²) in [5.74, 6) is 0.497. The number of methoxy groups -OCH3 is 2. The van der Waals surface area contributed by atoms with Gasteiger partial charge in [0.2, 0.25) is 11.8 Å². The van der Waals surface area contributed by atoms with Crippen molar-refractivity contribution in [2.24, 2.45) is 0 Å². The molecule has 2 aromatic heterocycles. The number of ether oxygens (including phenoxy) is 3. The van der Waals surface area contributed by atoms with Crippen LogP contribution >= 0.6 is 0 Å². The zero-order valence-electron chi connectivity index (χ0n) is 18.5. The Labute approximate surface area is 182 Å². The molecule has 0 bridgehead atoms. The van der Waals surface area contributed by atoms with E-state index in [1.165, 1.54) is 25.5 Å². The van der Waals surface area contributed by atoms with Crippen molar-refractivity contribution < 1.29 is 19.0 Å². The third-order valence-electron chi connectivity index (χ3n) is 5.97. The lowest BCUT2D eigenvalue weighted by molar-refractivity contribution is 0.0894. The first kappa shape index (κ1) is 21.6. The van der Waals surface area contributed by atoms with E-state index in [2.05, 4.69) is 26.8 Å². The van der Waals surface area contributed by atoms with Crippen molar-refractivity contribution in [3.05, 3.63) is 34.6 Å². The second-order valence-corrected chi connectivity index (χ2v) is 7.95. The second kappa shape index (κ2) is 9.65. The summed E-state index contributed by atoms with van der Waals surface area (Å²) in [6.07, 6.45) is 2.89. The van der Waals surface area contributed by atoms with Crippen LogP contribution in [0.4, 0.5) is 0 Å². The van der Waals surface area contributed by atoms with Crippen molar-refractivity contribution >= 4 is 5.91 Å². The average Bonchev–Trinajstić information content (AvgIpc) is 3.16. The molecule has 1 unspecified atom stereocenters. The summed E-state index contributed by atoms with van der Waals surface area (Å²) in [6, 6.07) is 3.41. The van der Waals surface area contributed by atoms with Crippen LogP contribution in [0.3, 0.4) is 0 Å². The first-order chi connectivity index (χ1) is 15.1. The Morgan fingerprint density at radius 1 is 1.32 bits per heavy atom. The molecule has 0 spiro atoms. The first-order valence-corrected chi connectivity index (χ1v) is 10.9. The molecule has 9 nitrogen and oxygen atoms in total. The zero-order chi connectivity index (χ0) is 21.8.